The second-order valence-corrected chi connectivity index (χ2v) is 9.89. The number of rotatable bonds is 5. The summed E-state index contributed by atoms with van der Waals surface area (Å²) in [6.07, 6.45) is -1.45. The molecular weight excluding hydrogens is 568 g/mol. The fraction of sp³-hybridized carbons (Fsp3) is 0.481. The van der Waals surface area contributed by atoms with Gasteiger partial charge in [-0.25, -0.2) is 13.9 Å². The Kier molecular flexibility index (Phi) is 8.55. The molecule has 4 nitrogen and oxygen atoms in total. The Balaban J connectivity index is 0.00000342. The summed E-state index contributed by atoms with van der Waals surface area (Å²) < 4.78 is 49.0. The first-order valence-electron chi connectivity index (χ1n) is 11.9. The zero-order valence-electron chi connectivity index (χ0n) is 20.5. The topological polar surface area (TPSA) is 35.1 Å². The second-order valence-electron chi connectivity index (χ2n) is 9.89. The first-order chi connectivity index (χ1) is 16.1. The monoisotopic (exact) mass is 600 g/mol. The number of hydrogen-bond donors (Lipinski definition) is 0. The molecule has 1 heterocycles. The maximum atomic E-state index is 13.2. The van der Waals surface area contributed by atoms with Gasteiger partial charge in [-0.3, -0.25) is 0 Å². The summed E-state index contributed by atoms with van der Waals surface area (Å²) in [6, 6.07) is 12.7. The fourth-order valence-corrected chi connectivity index (χ4v) is 5.29. The van der Waals surface area contributed by atoms with Gasteiger partial charge in [-0.1, -0.05) is 39.3 Å². The van der Waals surface area contributed by atoms with E-state index in [-0.39, 0.29) is 42.6 Å². The average Bonchev–Trinajstić information content (AvgIpc) is 3.04. The van der Waals surface area contributed by atoms with Gasteiger partial charge in [0.25, 0.3) is 5.82 Å². The summed E-state index contributed by atoms with van der Waals surface area (Å²) in [5, 5.41) is 0. The number of para-hydroxylation sites is 2. The molecule has 3 atom stereocenters. The normalized spacial score (nSPS) is 20.6. The van der Waals surface area contributed by atoms with Crippen LogP contribution in [0.5, 0.6) is 0 Å². The zero-order valence-corrected chi connectivity index (χ0v) is 22.6. The quantitative estimate of drug-likeness (QED) is 0.257. The van der Waals surface area contributed by atoms with Gasteiger partial charge < -0.3 is 28.7 Å². The summed E-state index contributed by atoms with van der Waals surface area (Å²) in [5.41, 5.74) is 1.61. The maximum absolute atomic E-state index is 13.2. The van der Waals surface area contributed by atoms with Gasteiger partial charge in [-0.15, -0.1) is 0 Å². The number of carbonyl (C=O) groups excluding carboxylic acids is 1. The molecule has 0 N–H and O–H groups in total. The molecule has 1 aliphatic carbocycles. The van der Waals surface area contributed by atoms with Crippen LogP contribution in [-0.4, -0.2) is 16.6 Å². The molecule has 0 amide bonds. The minimum Gasteiger partial charge on any atom is -1.00 e. The van der Waals surface area contributed by atoms with Crippen molar-refractivity contribution in [2.45, 2.75) is 58.9 Å². The van der Waals surface area contributed by atoms with Crippen LogP contribution in [0.2, 0.25) is 0 Å². The highest BCUT2D eigenvalue weighted by atomic mass is 127. The van der Waals surface area contributed by atoms with Gasteiger partial charge in [0.05, 0.1) is 18.2 Å². The largest absolute Gasteiger partial charge is 1.00 e. The van der Waals surface area contributed by atoms with Gasteiger partial charge in [0, 0.05) is 0 Å². The SMILES string of the molecule is CC(C)[C@@H]1CC[C@@H](C)C[C@H]1OC(=O)Cn1c(-c2ccc(C(F)(F)F)cc2)[n+](C)c2ccccc21.[I-]. The molecule has 8 heteroatoms. The highest BCUT2D eigenvalue weighted by Gasteiger charge is 2.35. The molecule has 0 radical (unpaired) electrons. The van der Waals surface area contributed by atoms with Crippen LogP contribution in [0.4, 0.5) is 13.2 Å². The van der Waals surface area contributed by atoms with E-state index in [0.717, 1.165) is 42.4 Å². The molecule has 190 valence electrons. The molecule has 0 bridgehead atoms. The van der Waals surface area contributed by atoms with Crippen LogP contribution >= 0.6 is 0 Å². The van der Waals surface area contributed by atoms with Crippen molar-refractivity contribution < 1.29 is 51.2 Å². The number of aryl methyl sites for hydroxylation is 1. The Morgan fingerprint density at radius 3 is 2.40 bits per heavy atom. The number of ether oxygens (including phenoxy) is 1. The van der Waals surface area contributed by atoms with E-state index in [2.05, 4.69) is 20.8 Å². The minimum atomic E-state index is -4.40. The Hall–Kier alpha value is -2.10. The molecule has 0 saturated heterocycles. The van der Waals surface area contributed by atoms with Gasteiger partial charge >= 0.3 is 12.1 Å². The van der Waals surface area contributed by atoms with Crippen molar-refractivity contribution in [3.63, 3.8) is 0 Å². The lowest BCUT2D eigenvalue weighted by Crippen LogP contribution is -3.00. The van der Waals surface area contributed by atoms with Crippen LogP contribution < -0.4 is 28.5 Å². The van der Waals surface area contributed by atoms with Crippen LogP contribution in [-0.2, 0) is 29.3 Å². The van der Waals surface area contributed by atoms with E-state index in [1.54, 1.807) is 0 Å². The van der Waals surface area contributed by atoms with Crippen LogP contribution in [0.15, 0.2) is 48.5 Å². The molecule has 35 heavy (non-hydrogen) atoms. The molecule has 1 aromatic heterocycles. The summed E-state index contributed by atoms with van der Waals surface area (Å²) in [4.78, 5) is 13.2. The Morgan fingerprint density at radius 2 is 1.77 bits per heavy atom. The number of alkyl halides is 3. The van der Waals surface area contributed by atoms with Crippen molar-refractivity contribution >= 4 is 17.0 Å². The van der Waals surface area contributed by atoms with Gasteiger partial charge in [-0.2, -0.15) is 13.2 Å². The highest BCUT2D eigenvalue weighted by molar-refractivity contribution is 5.79. The molecule has 3 aromatic rings. The van der Waals surface area contributed by atoms with E-state index >= 15 is 0 Å². The first kappa shape index (κ1) is 27.5. The van der Waals surface area contributed by atoms with Crippen molar-refractivity contribution in [1.29, 1.82) is 0 Å². The summed E-state index contributed by atoms with van der Waals surface area (Å²) in [7, 11) is 1.86. The third-order valence-electron chi connectivity index (χ3n) is 7.11. The standard InChI is InChI=1S/C27H32F3N2O2.HI/c1-17(2)21-14-9-18(3)15-24(21)34-25(33)16-32-23-8-6-5-7-22(23)31(4)26(32)19-10-12-20(13-11-19)27(28,29)30;/h5-8,10-13,17-18,21,24H,9,14-16H2,1-4H3;1H/q+1;/p-1/t18-,21+,24-;/m1./s1. The smallest absolute Gasteiger partial charge is 0.416 e. The molecular formula is C27H32F3IN2O2. The average molecular weight is 600 g/mol. The number of halogens is 4. The third-order valence-corrected chi connectivity index (χ3v) is 7.11. The lowest BCUT2D eigenvalue weighted by molar-refractivity contribution is -0.634. The van der Waals surface area contributed by atoms with Gasteiger partial charge in [0.2, 0.25) is 0 Å². The van der Waals surface area contributed by atoms with E-state index in [1.165, 1.54) is 12.1 Å². The van der Waals surface area contributed by atoms with Gasteiger partial charge in [0.15, 0.2) is 17.6 Å². The summed E-state index contributed by atoms with van der Waals surface area (Å²) in [6.45, 7) is 6.53. The summed E-state index contributed by atoms with van der Waals surface area (Å²) in [5.74, 6) is 1.62. The number of hydrogen-bond acceptors (Lipinski definition) is 2. The van der Waals surface area contributed by atoms with E-state index in [9.17, 15) is 18.0 Å². The minimum absolute atomic E-state index is 0. The number of imidazole rings is 1. The van der Waals surface area contributed by atoms with E-state index in [0.29, 0.717) is 29.1 Å². The molecule has 4 rings (SSSR count). The van der Waals surface area contributed by atoms with Gasteiger partial charge in [0.1, 0.15) is 6.10 Å². The fourth-order valence-electron chi connectivity index (χ4n) is 5.29. The van der Waals surface area contributed by atoms with Gasteiger partial charge in [-0.05, 0) is 67.0 Å². The molecule has 0 spiro atoms. The predicted molar refractivity (Wildman–Crippen MR) is 125 cm³/mol. The van der Waals surface area contributed by atoms with Crippen LogP contribution in [0.1, 0.15) is 45.6 Å². The molecule has 0 aliphatic heterocycles. The molecule has 1 saturated carbocycles. The van der Waals surface area contributed by atoms with Crippen molar-refractivity contribution in [2.75, 3.05) is 0 Å². The Morgan fingerprint density at radius 1 is 1.11 bits per heavy atom. The van der Waals surface area contributed by atoms with E-state index in [1.807, 2.05) is 40.4 Å². The van der Waals surface area contributed by atoms with Crippen molar-refractivity contribution in [1.82, 2.24) is 4.57 Å². The molecule has 2 aromatic carbocycles. The Bertz CT molecular complexity index is 1170. The molecule has 1 fully saturated rings. The number of carbonyl (C=O) groups is 1. The number of benzene rings is 2. The highest BCUT2D eigenvalue weighted by Crippen LogP contribution is 2.36. The van der Waals surface area contributed by atoms with Crippen LogP contribution in [0.25, 0.3) is 22.4 Å². The first-order valence-corrected chi connectivity index (χ1v) is 11.9. The number of aromatic nitrogens is 2. The van der Waals surface area contributed by atoms with Crippen molar-refractivity contribution in [2.24, 2.45) is 24.8 Å². The van der Waals surface area contributed by atoms with Crippen LogP contribution in [0.3, 0.4) is 0 Å². The zero-order chi connectivity index (χ0) is 24.6. The summed E-state index contributed by atoms with van der Waals surface area (Å²) >= 11 is 0. The number of fused-ring (bicyclic) bond motifs is 1. The third kappa shape index (κ3) is 5.84. The van der Waals surface area contributed by atoms with E-state index < -0.39 is 11.7 Å². The van der Waals surface area contributed by atoms with Crippen molar-refractivity contribution in [3.05, 3.63) is 54.1 Å². The second kappa shape index (κ2) is 10.9. The molecule has 1 aliphatic rings. The molecule has 0 unspecified atom stereocenters. The Labute approximate surface area is 221 Å². The van der Waals surface area contributed by atoms with Crippen molar-refractivity contribution in [3.8, 4) is 11.4 Å². The number of esters is 1. The predicted octanol–water partition coefficient (Wildman–Crippen LogP) is 3.16. The lowest BCUT2D eigenvalue weighted by atomic mass is 9.75. The lowest BCUT2D eigenvalue weighted by Gasteiger charge is -2.36. The van der Waals surface area contributed by atoms with E-state index in [4.69, 9.17) is 4.74 Å². The van der Waals surface area contributed by atoms with Crippen LogP contribution in [0, 0.1) is 17.8 Å². The maximum Gasteiger partial charge on any atom is 0.416 e. The number of nitrogens with zero attached hydrogens (tertiary/aromatic N) is 2.